The quantitative estimate of drug-likeness (QED) is 0.808. The first kappa shape index (κ1) is 12.5. The van der Waals surface area contributed by atoms with Crippen molar-refractivity contribution in [1.82, 2.24) is 10.2 Å². The Labute approximate surface area is 113 Å². The van der Waals surface area contributed by atoms with E-state index in [9.17, 15) is 4.79 Å². The molecule has 0 atom stereocenters. The van der Waals surface area contributed by atoms with Gasteiger partial charge in [-0.15, -0.1) is 5.10 Å². The Kier molecular flexibility index (Phi) is 3.73. The third kappa shape index (κ3) is 2.92. The Hall–Kier alpha value is -1.49. The smallest absolute Gasteiger partial charge is 0.151 e. The van der Waals surface area contributed by atoms with Gasteiger partial charge in [-0.3, -0.25) is 4.79 Å². The standard InChI is InChI=1S/C14H19N3O2/c18-12-3-7-17(8-4-12)14-2-1-13(15-16-14)11-5-9-19-10-6-11/h1-2,11H,3-10H2. The fraction of sp³-hybridized carbons (Fsp3) is 0.643. The SMILES string of the molecule is O=C1CCN(c2ccc(C3CCOCC3)nn2)CC1. The summed E-state index contributed by atoms with van der Waals surface area (Å²) >= 11 is 0. The Morgan fingerprint density at radius 2 is 1.84 bits per heavy atom. The van der Waals surface area contributed by atoms with Crippen molar-refractivity contribution in [3.8, 4) is 0 Å². The first-order valence-electron chi connectivity index (χ1n) is 7.01. The monoisotopic (exact) mass is 261 g/mol. The zero-order chi connectivity index (χ0) is 13.1. The van der Waals surface area contributed by atoms with E-state index in [1.165, 1.54) is 0 Å². The first-order valence-corrected chi connectivity index (χ1v) is 7.01. The van der Waals surface area contributed by atoms with Crippen LogP contribution in [0.2, 0.25) is 0 Å². The molecule has 0 radical (unpaired) electrons. The van der Waals surface area contributed by atoms with E-state index in [4.69, 9.17) is 4.74 Å². The van der Waals surface area contributed by atoms with E-state index in [-0.39, 0.29) is 0 Å². The van der Waals surface area contributed by atoms with Crippen LogP contribution < -0.4 is 4.90 Å². The summed E-state index contributed by atoms with van der Waals surface area (Å²) in [5, 5.41) is 8.69. The van der Waals surface area contributed by atoms with Crippen molar-refractivity contribution in [2.45, 2.75) is 31.6 Å². The van der Waals surface area contributed by atoms with E-state index < -0.39 is 0 Å². The van der Waals surface area contributed by atoms with E-state index in [1.807, 2.05) is 6.07 Å². The number of carbonyl (C=O) groups excluding carboxylic acids is 1. The summed E-state index contributed by atoms with van der Waals surface area (Å²) in [7, 11) is 0. The maximum atomic E-state index is 11.2. The lowest BCUT2D eigenvalue weighted by Crippen LogP contribution is -2.34. The van der Waals surface area contributed by atoms with Gasteiger partial charge in [-0.05, 0) is 25.0 Å². The summed E-state index contributed by atoms with van der Waals surface area (Å²) in [6.07, 6.45) is 3.32. The summed E-state index contributed by atoms with van der Waals surface area (Å²) in [5.41, 5.74) is 1.07. The van der Waals surface area contributed by atoms with Crippen LogP contribution in [0.1, 0.15) is 37.3 Å². The molecule has 2 saturated heterocycles. The van der Waals surface area contributed by atoms with Gasteiger partial charge < -0.3 is 9.64 Å². The van der Waals surface area contributed by atoms with Gasteiger partial charge in [0.05, 0.1) is 5.69 Å². The van der Waals surface area contributed by atoms with Crippen molar-refractivity contribution >= 4 is 11.6 Å². The largest absolute Gasteiger partial charge is 0.381 e. The van der Waals surface area contributed by atoms with Gasteiger partial charge in [0.25, 0.3) is 0 Å². The number of anilines is 1. The first-order chi connectivity index (χ1) is 9.33. The van der Waals surface area contributed by atoms with Gasteiger partial charge >= 0.3 is 0 Å². The fourth-order valence-electron chi connectivity index (χ4n) is 2.70. The maximum Gasteiger partial charge on any atom is 0.151 e. The van der Waals surface area contributed by atoms with Crippen LogP contribution in [0.25, 0.3) is 0 Å². The van der Waals surface area contributed by atoms with E-state index in [0.717, 1.165) is 50.7 Å². The molecule has 2 aliphatic rings. The molecule has 0 spiro atoms. The second-order valence-corrected chi connectivity index (χ2v) is 5.23. The van der Waals surface area contributed by atoms with Crippen LogP contribution in [0.5, 0.6) is 0 Å². The Bertz CT molecular complexity index is 431. The van der Waals surface area contributed by atoms with E-state index in [0.29, 0.717) is 24.5 Å². The molecule has 5 nitrogen and oxygen atoms in total. The van der Waals surface area contributed by atoms with Gasteiger partial charge in [0.1, 0.15) is 5.78 Å². The second-order valence-electron chi connectivity index (χ2n) is 5.23. The number of ketones is 1. The maximum absolute atomic E-state index is 11.2. The van der Waals surface area contributed by atoms with Gasteiger partial charge in [0.2, 0.25) is 0 Å². The highest BCUT2D eigenvalue weighted by Crippen LogP contribution is 2.25. The zero-order valence-electron chi connectivity index (χ0n) is 11.0. The average molecular weight is 261 g/mol. The molecule has 2 aliphatic heterocycles. The van der Waals surface area contributed by atoms with Crippen LogP contribution in [0.3, 0.4) is 0 Å². The lowest BCUT2D eigenvalue weighted by molar-refractivity contribution is -0.119. The number of hydrogen-bond acceptors (Lipinski definition) is 5. The van der Waals surface area contributed by atoms with E-state index >= 15 is 0 Å². The normalized spacial score (nSPS) is 21.7. The number of hydrogen-bond donors (Lipinski definition) is 0. The van der Waals surface area contributed by atoms with E-state index in [1.54, 1.807) is 0 Å². The molecule has 0 bridgehead atoms. The lowest BCUT2D eigenvalue weighted by atomic mass is 9.96. The highest BCUT2D eigenvalue weighted by molar-refractivity contribution is 5.80. The molecular formula is C14H19N3O2. The van der Waals surface area contributed by atoms with Crippen molar-refractivity contribution in [3.05, 3.63) is 17.8 Å². The third-order valence-electron chi connectivity index (χ3n) is 3.96. The van der Waals surface area contributed by atoms with Gasteiger partial charge in [-0.2, -0.15) is 5.10 Å². The van der Waals surface area contributed by atoms with Gasteiger partial charge in [-0.25, -0.2) is 0 Å². The minimum atomic E-state index is 0.350. The van der Waals surface area contributed by atoms with Crippen molar-refractivity contribution < 1.29 is 9.53 Å². The zero-order valence-corrected chi connectivity index (χ0v) is 11.0. The molecule has 1 aromatic rings. The van der Waals surface area contributed by atoms with Crippen LogP contribution in [-0.4, -0.2) is 42.3 Å². The molecule has 3 heterocycles. The average Bonchev–Trinajstić information content (AvgIpc) is 2.49. The van der Waals surface area contributed by atoms with Crippen LogP contribution in [-0.2, 0) is 9.53 Å². The fourth-order valence-corrected chi connectivity index (χ4v) is 2.70. The predicted octanol–water partition coefficient (Wildman–Crippen LogP) is 1.54. The second kappa shape index (κ2) is 5.65. The Morgan fingerprint density at radius 1 is 1.11 bits per heavy atom. The van der Waals surface area contributed by atoms with Gasteiger partial charge in [0, 0.05) is 45.1 Å². The molecule has 102 valence electrons. The predicted molar refractivity (Wildman–Crippen MR) is 71.3 cm³/mol. The topological polar surface area (TPSA) is 55.3 Å². The molecule has 0 saturated carbocycles. The molecule has 2 fully saturated rings. The van der Waals surface area contributed by atoms with Crippen LogP contribution >= 0.6 is 0 Å². The molecule has 0 N–H and O–H groups in total. The Morgan fingerprint density at radius 3 is 2.47 bits per heavy atom. The molecule has 0 aliphatic carbocycles. The molecule has 0 unspecified atom stereocenters. The lowest BCUT2D eigenvalue weighted by Gasteiger charge is -2.27. The van der Waals surface area contributed by atoms with E-state index in [2.05, 4.69) is 21.2 Å². The summed E-state index contributed by atoms with van der Waals surface area (Å²) in [5.74, 6) is 1.73. The van der Waals surface area contributed by atoms with Gasteiger partial charge in [-0.1, -0.05) is 0 Å². The number of nitrogens with zero attached hydrogens (tertiary/aromatic N) is 3. The summed E-state index contributed by atoms with van der Waals surface area (Å²) in [6, 6.07) is 4.11. The number of rotatable bonds is 2. The molecule has 3 rings (SSSR count). The van der Waals surface area contributed by atoms with Crippen LogP contribution in [0.4, 0.5) is 5.82 Å². The van der Waals surface area contributed by atoms with Crippen LogP contribution in [0, 0.1) is 0 Å². The molecule has 19 heavy (non-hydrogen) atoms. The Balaban J connectivity index is 1.66. The van der Waals surface area contributed by atoms with Gasteiger partial charge in [0.15, 0.2) is 5.82 Å². The minimum Gasteiger partial charge on any atom is -0.381 e. The van der Waals surface area contributed by atoms with Crippen molar-refractivity contribution in [2.75, 3.05) is 31.2 Å². The number of Topliss-reactive ketones (excluding diaryl/α,β-unsaturated/α-hetero) is 1. The molecule has 5 heteroatoms. The minimum absolute atomic E-state index is 0.350. The number of aromatic nitrogens is 2. The highest BCUT2D eigenvalue weighted by Gasteiger charge is 2.20. The van der Waals surface area contributed by atoms with Crippen molar-refractivity contribution in [3.63, 3.8) is 0 Å². The molecular weight excluding hydrogens is 242 g/mol. The summed E-state index contributed by atoms with van der Waals surface area (Å²) < 4.78 is 5.36. The van der Waals surface area contributed by atoms with Crippen LogP contribution in [0.15, 0.2) is 12.1 Å². The third-order valence-corrected chi connectivity index (χ3v) is 3.96. The number of piperidine rings is 1. The summed E-state index contributed by atoms with van der Waals surface area (Å²) in [4.78, 5) is 13.4. The summed E-state index contributed by atoms with van der Waals surface area (Å²) in [6.45, 7) is 3.18. The highest BCUT2D eigenvalue weighted by atomic mass is 16.5. The van der Waals surface area contributed by atoms with Crippen molar-refractivity contribution in [1.29, 1.82) is 0 Å². The number of carbonyl (C=O) groups is 1. The van der Waals surface area contributed by atoms with Crippen molar-refractivity contribution in [2.24, 2.45) is 0 Å². The number of ether oxygens (including phenoxy) is 1. The molecule has 0 amide bonds. The molecule has 0 aromatic carbocycles. The molecule has 1 aromatic heterocycles.